The lowest BCUT2D eigenvalue weighted by Gasteiger charge is -2.31. The predicted molar refractivity (Wildman–Crippen MR) is 76.6 cm³/mol. The molecule has 1 aromatic carbocycles. The van der Waals surface area contributed by atoms with E-state index < -0.39 is 0 Å². The predicted octanol–water partition coefficient (Wildman–Crippen LogP) is 2.48. The van der Waals surface area contributed by atoms with Gasteiger partial charge in [0.05, 0.1) is 0 Å². The van der Waals surface area contributed by atoms with Crippen LogP contribution >= 0.6 is 0 Å². The van der Waals surface area contributed by atoms with E-state index in [1.54, 1.807) is 6.08 Å². The molecule has 0 radical (unpaired) electrons. The van der Waals surface area contributed by atoms with Crippen molar-refractivity contribution in [3.05, 3.63) is 29.8 Å². The summed E-state index contributed by atoms with van der Waals surface area (Å²) in [6.07, 6.45) is 6.02. The molecule has 3 rings (SSSR count). The summed E-state index contributed by atoms with van der Waals surface area (Å²) in [6.45, 7) is 2.10. The van der Waals surface area contributed by atoms with Crippen LogP contribution in [0.1, 0.15) is 31.2 Å². The van der Waals surface area contributed by atoms with Crippen LogP contribution < -0.4 is 4.74 Å². The molecule has 0 aromatic heterocycles. The third kappa shape index (κ3) is 2.62. The molecule has 2 aliphatic rings. The van der Waals surface area contributed by atoms with Crippen LogP contribution in [-0.4, -0.2) is 37.2 Å². The van der Waals surface area contributed by atoms with Gasteiger partial charge in [-0.1, -0.05) is 18.2 Å². The van der Waals surface area contributed by atoms with E-state index in [9.17, 15) is 4.79 Å². The molecule has 4 heteroatoms. The van der Waals surface area contributed by atoms with Crippen LogP contribution in [0.2, 0.25) is 0 Å². The fraction of sp³-hybridized carbons (Fsp3) is 0.562. The second kappa shape index (κ2) is 5.39. The fourth-order valence-corrected chi connectivity index (χ4v) is 3.00. The first-order chi connectivity index (χ1) is 9.73. The summed E-state index contributed by atoms with van der Waals surface area (Å²) in [5.41, 5.74) is 0.676. The number of rotatable bonds is 4. The summed E-state index contributed by atoms with van der Waals surface area (Å²) >= 11 is 0. The van der Waals surface area contributed by atoms with Crippen molar-refractivity contribution < 1.29 is 9.53 Å². The van der Waals surface area contributed by atoms with Crippen LogP contribution in [0.4, 0.5) is 0 Å². The highest BCUT2D eigenvalue weighted by Gasteiger charge is 2.46. The number of likely N-dealkylation sites (N-methyl/N-ethyl adjacent to an activating group) is 1. The summed E-state index contributed by atoms with van der Waals surface area (Å²) in [5.74, 6) is 0.879. The Kier molecular flexibility index (Phi) is 3.60. The lowest BCUT2D eigenvalue weighted by molar-refractivity contribution is 0.103. The molecule has 1 aromatic rings. The van der Waals surface area contributed by atoms with Crippen LogP contribution in [0.25, 0.3) is 0 Å². The summed E-state index contributed by atoms with van der Waals surface area (Å²) < 4.78 is 6.20. The Balaban J connectivity index is 1.81. The van der Waals surface area contributed by atoms with Gasteiger partial charge >= 0.3 is 0 Å². The number of hydrogen-bond acceptors (Lipinski definition) is 4. The minimum atomic E-state index is -0.362. The van der Waals surface area contributed by atoms with Crippen LogP contribution in [0.5, 0.6) is 5.75 Å². The number of para-hydroxylation sites is 1. The largest absolute Gasteiger partial charge is 0.489 e. The monoisotopic (exact) mass is 272 g/mol. The molecule has 1 aliphatic heterocycles. The van der Waals surface area contributed by atoms with E-state index in [1.807, 2.05) is 24.3 Å². The molecule has 1 heterocycles. The van der Waals surface area contributed by atoms with Gasteiger partial charge in [-0.25, -0.2) is 4.79 Å². The Bertz CT molecular complexity index is 533. The first kappa shape index (κ1) is 13.3. The molecular formula is C16H20N2O2. The highest BCUT2D eigenvalue weighted by molar-refractivity contribution is 5.47. The summed E-state index contributed by atoms with van der Waals surface area (Å²) in [5, 5.41) is 0. The van der Waals surface area contributed by atoms with Gasteiger partial charge < -0.3 is 9.64 Å². The molecule has 4 nitrogen and oxygen atoms in total. The van der Waals surface area contributed by atoms with Gasteiger partial charge in [0.25, 0.3) is 0 Å². The van der Waals surface area contributed by atoms with Crippen LogP contribution in [0.15, 0.2) is 29.3 Å². The summed E-state index contributed by atoms with van der Waals surface area (Å²) in [7, 11) is 2.13. The van der Waals surface area contributed by atoms with Crippen molar-refractivity contribution in [3.8, 4) is 5.75 Å². The highest BCUT2D eigenvalue weighted by atomic mass is 16.5. The van der Waals surface area contributed by atoms with Crippen molar-refractivity contribution in [1.82, 2.24) is 4.90 Å². The van der Waals surface area contributed by atoms with E-state index in [-0.39, 0.29) is 11.6 Å². The van der Waals surface area contributed by atoms with Crippen molar-refractivity contribution in [2.75, 3.05) is 20.1 Å². The Hall–Kier alpha value is -1.64. The summed E-state index contributed by atoms with van der Waals surface area (Å²) in [4.78, 5) is 16.9. The van der Waals surface area contributed by atoms with E-state index in [0.29, 0.717) is 0 Å². The first-order valence-corrected chi connectivity index (χ1v) is 7.27. The minimum Gasteiger partial charge on any atom is -0.489 e. The maximum absolute atomic E-state index is 10.6. The average Bonchev–Trinajstić information content (AvgIpc) is 3.21. The number of ether oxygens (including phenoxy) is 1. The smallest absolute Gasteiger partial charge is 0.235 e. The number of piperidine rings is 1. The third-order valence-electron chi connectivity index (χ3n) is 4.25. The van der Waals surface area contributed by atoms with Gasteiger partial charge in [-0.15, -0.1) is 0 Å². The van der Waals surface area contributed by atoms with Crippen LogP contribution in [0, 0.1) is 0 Å². The molecule has 106 valence electrons. The zero-order valence-electron chi connectivity index (χ0n) is 11.8. The van der Waals surface area contributed by atoms with Gasteiger partial charge in [0, 0.05) is 12.1 Å². The van der Waals surface area contributed by atoms with Crippen LogP contribution in [0.3, 0.4) is 0 Å². The number of isocyanates is 1. The van der Waals surface area contributed by atoms with Crippen LogP contribution in [-0.2, 0) is 10.3 Å². The van der Waals surface area contributed by atoms with Gasteiger partial charge in [0.2, 0.25) is 6.08 Å². The minimum absolute atomic E-state index is 0.228. The van der Waals surface area contributed by atoms with Crippen molar-refractivity contribution >= 4 is 6.08 Å². The molecular weight excluding hydrogens is 252 g/mol. The molecule has 1 unspecified atom stereocenters. The van der Waals surface area contributed by atoms with Gasteiger partial charge in [-0.05, 0) is 45.3 Å². The fourth-order valence-electron chi connectivity index (χ4n) is 3.00. The first-order valence-electron chi connectivity index (χ1n) is 7.27. The second-order valence-electron chi connectivity index (χ2n) is 5.88. The highest BCUT2D eigenvalue weighted by Crippen LogP contribution is 2.52. The Morgan fingerprint density at radius 1 is 1.40 bits per heavy atom. The van der Waals surface area contributed by atoms with Gasteiger partial charge in [0.15, 0.2) is 0 Å². The van der Waals surface area contributed by atoms with E-state index in [4.69, 9.17) is 4.74 Å². The van der Waals surface area contributed by atoms with Gasteiger partial charge in [-0.3, -0.25) is 0 Å². The molecule has 1 saturated heterocycles. The zero-order valence-corrected chi connectivity index (χ0v) is 11.8. The number of nitrogens with zero attached hydrogens (tertiary/aromatic N) is 2. The lowest BCUT2D eigenvalue weighted by Crippen LogP contribution is -2.38. The topological polar surface area (TPSA) is 41.9 Å². The molecule has 0 spiro atoms. The van der Waals surface area contributed by atoms with Crippen molar-refractivity contribution in [3.63, 3.8) is 0 Å². The molecule has 0 amide bonds. The van der Waals surface area contributed by atoms with Gasteiger partial charge in [0.1, 0.15) is 17.4 Å². The van der Waals surface area contributed by atoms with E-state index in [0.717, 1.165) is 43.7 Å². The average molecular weight is 272 g/mol. The Labute approximate surface area is 119 Å². The number of hydrogen-bond donors (Lipinski definition) is 0. The molecule has 1 aliphatic carbocycles. The molecule has 0 bridgehead atoms. The Morgan fingerprint density at radius 3 is 2.90 bits per heavy atom. The quantitative estimate of drug-likeness (QED) is 0.624. The molecule has 1 atom stereocenters. The number of likely N-dealkylation sites (tertiary alicyclic amines) is 1. The van der Waals surface area contributed by atoms with E-state index in [2.05, 4.69) is 16.9 Å². The Morgan fingerprint density at radius 2 is 2.20 bits per heavy atom. The molecule has 2 fully saturated rings. The van der Waals surface area contributed by atoms with E-state index >= 15 is 0 Å². The standard InChI is InChI=1S/C16H20N2O2/c1-18-10-4-5-13(11-18)20-15-7-3-2-6-14(15)16(8-9-16)17-12-19/h2-3,6-7,13H,4-5,8-11H2,1H3. The molecule has 20 heavy (non-hydrogen) atoms. The van der Waals surface area contributed by atoms with Crippen molar-refractivity contribution in [2.45, 2.75) is 37.3 Å². The summed E-state index contributed by atoms with van der Waals surface area (Å²) in [6, 6.07) is 7.97. The van der Waals surface area contributed by atoms with E-state index in [1.165, 1.54) is 6.42 Å². The molecule has 0 N–H and O–H groups in total. The number of aliphatic imine (C=N–C) groups is 1. The maximum Gasteiger partial charge on any atom is 0.235 e. The third-order valence-corrected chi connectivity index (χ3v) is 4.25. The number of carbonyl (C=O) groups excluding carboxylic acids is 1. The number of benzene rings is 1. The maximum atomic E-state index is 10.6. The lowest BCUT2D eigenvalue weighted by atomic mass is 10.0. The van der Waals surface area contributed by atoms with Gasteiger partial charge in [-0.2, -0.15) is 4.99 Å². The normalized spacial score (nSPS) is 24.8. The molecule has 1 saturated carbocycles. The SMILES string of the molecule is CN1CCCC(Oc2ccccc2C2(N=C=O)CC2)C1. The van der Waals surface area contributed by atoms with Crippen molar-refractivity contribution in [1.29, 1.82) is 0 Å². The van der Waals surface area contributed by atoms with Crippen molar-refractivity contribution in [2.24, 2.45) is 4.99 Å². The second-order valence-corrected chi connectivity index (χ2v) is 5.88. The zero-order chi connectivity index (χ0) is 14.0.